The van der Waals surface area contributed by atoms with Crippen molar-refractivity contribution in [3.8, 4) is 0 Å². The van der Waals surface area contributed by atoms with Gasteiger partial charge in [0.1, 0.15) is 0 Å². The van der Waals surface area contributed by atoms with Crippen LogP contribution in [0, 0.1) is 11.8 Å². The lowest BCUT2D eigenvalue weighted by Gasteiger charge is -2.42. The Kier molecular flexibility index (Phi) is 3.65. The summed E-state index contributed by atoms with van der Waals surface area (Å²) in [6, 6.07) is 0. The molecular formula is C14H21NO4. The third-order valence-corrected chi connectivity index (χ3v) is 4.71. The van der Waals surface area contributed by atoms with Gasteiger partial charge in [0, 0.05) is 11.8 Å². The highest BCUT2D eigenvalue weighted by molar-refractivity contribution is 6.05. The number of carboxylic acid groups (broad SMARTS) is 1. The molecule has 1 heterocycles. The van der Waals surface area contributed by atoms with Gasteiger partial charge < -0.3 is 5.11 Å². The number of carboxylic acids is 1. The van der Waals surface area contributed by atoms with Crippen LogP contribution in [0.2, 0.25) is 0 Å². The molecule has 0 spiro atoms. The first-order valence-corrected chi connectivity index (χ1v) is 6.99. The lowest BCUT2D eigenvalue weighted by Crippen LogP contribution is -2.54. The molecule has 0 aromatic carbocycles. The second kappa shape index (κ2) is 4.94. The van der Waals surface area contributed by atoms with E-state index < -0.39 is 11.5 Å². The third kappa shape index (κ3) is 2.26. The van der Waals surface area contributed by atoms with E-state index in [4.69, 9.17) is 5.11 Å². The van der Waals surface area contributed by atoms with Gasteiger partial charge in [-0.2, -0.15) is 0 Å². The molecule has 2 atom stereocenters. The maximum Gasteiger partial charge on any atom is 0.305 e. The number of carbonyl (C=O) groups excluding carboxylic acids is 2. The highest BCUT2D eigenvalue weighted by atomic mass is 16.4. The van der Waals surface area contributed by atoms with Crippen molar-refractivity contribution in [2.75, 3.05) is 0 Å². The lowest BCUT2D eigenvalue weighted by atomic mass is 9.78. The number of rotatable bonds is 3. The predicted octanol–water partition coefficient (Wildman–Crippen LogP) is 1.80. The molecule has 1 aliphatic heterocycles. The number of likely N-dealkylation sites (tertiary alicyclic amines) is 1. The number of imide groups is 1. The zero-order valence-electron chi connectivity index (χ0n) is 11.5. The van der Waals surface area contributed by atoms with Crippen molar-refractivity contribution in [2.45, 2.75) is 57.9 Å². The molecular weight excluding hydrogens is 246 g/mol. The van der Waals surface area contributed by atoms with E-state index >= 15 is 0 Å². The first kappa shape index (κ1) is 14.0. The number of hydrogen-bond donors (Lipinski definition) is 1. The summed E-state index contributed by atoms with van der Waals surface area (Å²) in [5.41, 5.74) is -0.780. The van der Waals surface area contributed by atoms with Crippen LogP contribution in [-0.2, 0) is 14.4 Å². The first-order valence-electron chi connectivity index (χ1n) is 6.99. The normalized spacial score (nSPS) is 30.7. The molecule has 0 bridgehead atoms. The molecule has 2 fully saturated rings. The third-order valence-electron chi connectivity index (χ3n) is 4.71. The van der Waals surface area contributed by atoms with Gasteiger partial charge in [-0.1, -0.05) is 33.1 Å². The van der Waals surface area contributed by atoms with E-state index in [0.29, 0.717) is 12.8 Å². The monoisotopic (exact) mass is 267 g/mol. The van der Waals surface area contributed by atoms with Gasteiger partial charge in [0.05, 0.1) is 12.0 Å². The van der Waals surface area contributed by atoms with Gasteiger partial charge in [0.2, 0.25) is 11.8 Å². The molecule has 0 aromatic rings. The molecule has 2 unspecified atom stereocenters. The second-order valence-electron chi connectivity index (χ2n) is 5.94. The molecule has 1 saturated carbocycles. The highest BCUT2D eigenvalue weighted by Gasteiger charge is 2.53. The summed E-state index contributed by atoms with van der Waals surface area (Å²) in [7, 11) is 0. The van der Waals surface area contributed by atoms with Crippen LogP contribution in [0.4, 0.5) is 0 Å². The van der Waals surface area contributed by atoms with Crippen LogP contribution in [0.5, 0.6) is 0 Å². The number of amides is 2. The molecule has 0 aromatic heterocycles. The smallest absolute Gasteiger partial charge is 0.305 e. The fraction of sp³-hybridized carbons (Fsp3) is 0.786. The minimum atomic E-state index is -0.935. The standard InChI is InChI=1S/C14H21NO4/c1-9-10(2)13(19)15(12(9)18)14(8-11(16)17)6-4-3-5-7-14/h9-10H,3-8H2,1-2H3,(H,16,17). The fourth-order valence-corrected chi connectivity index (χ4v) is 3.38. The Morgan fingerprint density at radius 1 is 1.16 bits per heavy atom. The van der Waals surface area contributed by atoms with Crippen molar-refractivity contribution in [2.24, 2.45) is 11.8 Å². The van der Waals surface area contributed by atoms with E-state index in [9.17, 15) is 14.4 Å². The van der Waals surface area contributed by atoms with Crippen LogP contribution >= 0.6 is 0 Å². The lowest BCUT2D eigenvalue weighted by molar-refractivity contribution is -0.153. The van der Waals surface area contributed by atoms with Gasteiger partial charge in [-0.25, -0.2) is 0 Å². The van der Waals surface area contributed by atoms with Crippen LogP contribution in [0.3, 0.4) is 0 Å². The molecule has 1 N–H and O–H groups in total. The molecule has 1 saturated heterocycles. The summed E-state index contributed by atoms with van der Waals surface area (Å²) >= 11 is 0. The Labute approximate surface area is 113 Å². The average molecular weight is 267 g/mol. The molecule has 106 valence electrons. The van der Waals surface area contributed by atoms with Crippen molar-refractivity contribution in [1.82, 2.24) is 4.90 Å². The SMILES string of the molecule is CC1C(=O)N(C2(CC(=O)O)CCCCC2)C(=O)C1C. The summed E-state index contributed by atoms with van der Waals surface area (Å²) in [4.78, 5) is 37.1. The number of nitrogens with zero attached hydrogens (tertiary/aromatic N) is 1. The van der Waals surface area contributed by atoms with E-state index in [1.807, 2.05) is 0 Å². The molecule has 1 aliphatic carbocycles. The van der Waals surface area contributed by atoms with Crippen molar-refractivity contribution >= 4 is 17.8 Å². The summed E-state index contributed by atoms with van der Waals surface area (Å²) in [6.07, 6.45) is 3.93. The van der Waals surface area contributed by atoms with Crippen molar-refractivity contribution in [1.29, 1.82) is 0 Å². The van der Waals surface area contributed by atoms with E-state index in [1.54, 1.807) is 13.8 Å². The Hall–Kier alpha value is -1.39. The van der Waals surface area contributed by atoms with Gasteiger partial charge in [-0.3, -0.25) is 19.3 Å². The Morgan fingerprint density at radius 3 is 2.05 bits per heavy atom. The molecule has 0 radical (unpaired) electrons. The molecule has 19 heavy (non-hydrogen) atoms. The van der Waals surface area contributed by atoms with Crippen molar-refractivity contribution in [3.05, 3.63) is 0 Å². The molecule has 5 nitrogen and oxygen atoms in total. The maximum atomic E-state index is 12.3. The fourth-order valence-electron chi connectivity index (χ4n) is 3.38. The van der Waals surface area contributed by atoms with Gasteiger partial charge in [0.25, 0.3) is 0 Å². The second-order valence-corrected chi connectivity index (χ2v) is 5.94. The van der Waals surface area contributed by atoms with Gasteiger partial charge >= 0.3 is 5.97 Å². The van der Waals surface area contributed by atoms with Crippen LogP contribution in [0.1, 0.15) is 52.4 Å². The maximum absolute atomic E-state index is 12.3. The van der Waals surface area contributed by atoms with E-state index in [2.05, 4.69) is 0 Å². The van der Waals surface area contributed by atoms with E-state index in [0.717, 1.165) is 19.3 Å². The van der Waals surface area contributed by atoms with Crippen LogP contribution in [0.15, 0.2) is 0 Å². The Balaban J connectivity index is 2.35. The largest absolute Gasteiger partial charge is 0.481 e. The zero-order chi connectivity index (χ0) is 14.2. The zero-order valence-corrected chi connectivity index (χ0v) is 11.5. The summed E-state index contributed by atoms with van der Waals surface area (Å²) in [5.74, 6) is -1.99. The molecule has 2 rings (SSSR count). The highest BCUT2D eigenvalue weighted by Crippen LogP contribution is 2.42. The quantitative estimate of drug-likeness (QED) is 0.791. The molecule has 2 amide bonds. The summed E-state index contributed by atoms with van der Waals surface area (Å²) in [5, 5.41) is 9.15. The van der Waals surface area contributed by atoms with Gasteiger partial charge in [0.15, 0.2) is 0 Å². The van der Waals surface area contributed by atoms with Crippen LogP contribution < -0.4 is 0 Å². The predicted molar refractivity (Wildman–Crippen MR) is 68.2 cm³/mol. The summed E-state index contributed by atoms with van der Waals surface area (Å²) in [6.45, 7) is 3.50. The topological polar surface area (TPSA) is 74.7 Å². The van der Waals surface area contributed by atoms with Gasteiger partial charge in [-0.15, -0.1) is 0 Å². The number of aliphatic carboxylic acids is 1. The minimum Gasteiger partial charge on any atom is -0.481 e. The Bertz CT molecular complexity index is 392. The first-order chi connectivity index (χ1) is 8.89. The number of carbonyl (C=O) groups is 3. The van der Waals surface area contributed by atoms with Gasteiger partial charge in [-0.05, 0) is 12.8 Å². The van der Waals surface area contributed by atoms with Crippen molar-refractivity contribution in [3.63, 3.8) is 0 Å². The van der Waals surface area contributed by atoms with E-state index in [1.165, 1.54) is 4.90 Å². The Morgan fingerprint density at radius 2 is 1.63 bits per heavy atom. The molecule has 5 heteroatoms. The van der Waals surface area contributed by atoms with E-state index in [-0.39, 0.29) is 30.1 Å². The average Bonchev–Trinajstić information content (AvgIpc) is 2.54. The van der Waals surface area contributed by atoms with Crippen LogP contribution in [-0.4, -0.2) is 33.3 Å². The number of hydrogen-bond acceptors (Lipinski definition) is 3. The van der Waals surface area contributed by atoms with Crippen LogP contribution in [0.25, 0.3) is 0 Å². The van der Waals surface area contributed by atoms with Crippen molar-refractivity contribution < 1.29 is 19.5 Å². The molecule has 2 aliphatic rings. The minimum absolute atomic E-state index is 0.121. The summed E-state index contributed by atoms with van der Waals surface area (Å²) < 4.78 is 0.